The summed E-state index contributed by atoms with van der Waals surface area (Å²) in [6.45, 7) is 3.47. The van der Waals surface area contributed by atoms with Gasteiger partial charge in [0.1, 0.15) is 0 Å². The molecular weight excluding hydrogens is 320 g/mol. The third-order valence-corrected chi connectivity index (χ3v) is 7.01. The molecule has 0 radical (unpaired) electrons. The van der Waals surface area contributed by atoms with Gasteiger partial charge in [-0.3, -0.25) is 0 Å². The quantitative estimate of drug-likeness (QED) is 0.851. The summed E-state index contributed by atoms with van der Waals surface area (Å²) < 4.78 is 22.6. The Balaban J connectivity index is 1.46. The van der Waals surface area contributed by atoms with Gasteiger partial charge in [0.2, 0.25) is 10.0 Å². The Hall–Kier alpha value is -0.700. The Kier molecular flexibility index (Phi) is 5.01. The number of nitrogens with zero attached hydrogens (tertiary/aromatic N) is 2. The first-order chi connectivity index (χ1) is 10.5. The molecule has 2 fully saturated rings. The molecule has 3 N–H and O–H groups in total. The maximum Gasteiger partial charge on any atom is 0.249 e. The molecule has 6 nitrogen and oxygen atoms in total. The second kappa shape index (κ2) is 6.82. The molecule has 3 rings (SSSR count). The standard InChI is InChI=1S/C14H24N4O2S2/c15-22(19,20)13-9-16-14(21-13)17-12-5-7-18(8-6-12)10-11-3-1-2-4-11/h9,11-12H,1-8,10H2,(H,16,17)(H2,15,19,20). The number of anilines is 1. The summed E-state index contributed by atoms with van der Waals surface area (Å²) in [5.74, 6) is 0.904. The molecule has 1 aromatic heterocycles. The first-order valence-corrected chi connectivity index (χ1v) is 10.3. The minimum Gasteiger partial charge on any atom is -0.359 e. The molecule has 0 atom stereocenters. The fourth-order valence-corrected chi connectivity index (χ4v) is 4.98. The molecule has 124 valence electrons. The molecule has 1 saturated heterocycles. The topological polar surface area (TPSA) is 88.3 Å². The molecule has 0 spiro atoms. The number of sulfonamides is 1. The molecule has 2 heterocycles. The van der Waals surface area contributed by atoms with E-state index in [2.05, 4.69) is 15.2 Å². The van der Waals surface area contributed by atoms with Crippen molar-refractivity contribution in [2.45, 2.75) is 48.8 Å². The Morgan fingerprint density at radius 3 is 2.55 bits per heavy atom. The Bertz CT molecular complexity index is 588. The zero-order valence-electron chi connectivity index (χ0n) is 12.7. The van der Waals surface area contributed by atoms with Crippen molar-refractivity contribution in [1.82, 2.24) is 9.88 Å². The molecule has 1 saturated carbocycles. The summed E-state index contributed by atoms with van der Waals surface area (Å²) in [6.07, 6.45) is 9.09. The van der Waals surface area contributed by atoms with E-state index in [0.29, 0.717) is 11.2 Å². The van der Waals surface area contributed by atoms with Crippen molar-refractivity contribution in [2.75, 3.05) is 25.0 Å². The lowest BCUT2D eigenvalue weighted by atomic mass is 10.0. The molecule has 22 heavy (non-hydrogen) atoms. The number of piperidine rings is 1. The van der Waals surface area contributed by atoms with Gasteiger partial charge in [-0.25, -0.2) is 18.5 Å². The van der Waals surface area contributed by atoms with Crippen molar-refractivity contribution in [3.05, 3.63) is 6.20 Å². The van der Waals surface area contributed by atoms with Crippen LogP contribution in [0.1, 0.15) is 38.5 Å². The summed E-state index contributed by atoms with van der Waals surface area (Å²) in [6, 6.07) is 0.374. The van der Waals surface area contributed by atoms with Gasteiger partial charge in [0.15, 0.2) is 9.34 Å². The van der Waals surface area contributed by atoms with Crippen molar-refractivity contribution in [3.8, 4) is 0 Å². The summed E-state index contributed by atoms with van der Waals surface area (Å²) in [4.78, 5) is 6.69. The second-order valence-electron chi connectivity index (χ2n) is 6.40. The van der Waals surface area contributed by atoms with E-state index >= 15 is 0 Å². The molecule has 1 aromatic rings. The van der Waals surface area contributed by atoms with Gasteiger partial charge in [0, 0.05) is 25.7 Å². The largest absolute Gasteiger partial charge is 0.359 e. The lowest BCUT2D eigenvalue weighted by Gasteiger charge is -2.33. The number of nitrogens with one attached hydrogen (secondary N) is 1. The SMILES string of the molecule is NS(=O)(=O)c1cnc(NC2CCN(CC3CCCC3)CC2)s1. The van der Waals surface area contributed by atoms with E-state index < -0.39 is 10.0 Å². The van der Waals surface area contributed by atoms with Gasteiger partial charge >= 0.3 is 0 Å². The van der Waals surface area contributed by atoms with Crippen LogP contribution in [0.3, 0.4) is 0 Å². The lowest BCUT2D eigenvalue weighted by Crippen LogP contribution is -2.41. The summed E-state index contributed by atoms with van der Waals surface area (Å²) in [5.41, 5.74) is 0. The van der Waals surface area contributed by atoms with Crippen LogP contribution in [0.25, 0.3) is 0 Å². The van der Waals surface area contributed by atoms with E-state index in [9.17, 15) is 8.42 Å². The van der Waals surface area contributed by atoms with E-state index in [-0.39, 0.29) is 4.21 Å². The van der Waals surface area contributed by atoms with Gasteiger partial charge < -0.3 is 10.2 Å². The van der Waals surface area contributed by atoms with Crippen LogP contribution >= 0.6 is 11.3 Å². The fraction of sp³-hybridized carbons (Fsp3) is 0.786. The zero-order valence-corrected chi connectivity index (χ0v) is 14.3. The van der Waals surface area contributed by atoms with E-state index in [1.165, 1.54) is 38.4 Å². The summed E-state index contributed by atoms with van der Waals surface area (Å²) >= 11 is 1.11. The molecule has 0 bridgehead atoms. The van der Waals surface area contributed by atoms with Crippen molar-refractivity contribution in [2.24, 2.45) is 11.1 Å². The molecule has 1 aliphatic carbocycles. The summed E-state index contributed by atoms with van der Waals surface area (Å²) in [5, 5.41) is 9.11. The average molecular weight is 345 g/mol. The monoisotopic (exact) mass is 344 g/mol. The highest BCUT2D eigenvalue weighted by molar-refractivity contribution is 7.91. The van der Waals surface area contributed by atoms with Gasteiger partial charge in [0.05, 0.1) is 6.20 Å². The van der Waals surface area contributed by atoms with Crippen LogP contribution < -0.4 is 10.5 Å². The van der Waals surface area contributed by atoms with Crippen LogP contribution in [0.4, 0.5) is 5.13 Å². The minimum atomic E-state index is -3.64. The van der Waals surface area contributed by atoms with Gasteiger partial charge in [-0.2, -0.15) is 0 Å². The normalized spacial score (nSPS) is 22.2. The molecule has 0 unspecified atom stereocenters. The molecule has 2 aliphatic rings. The first kappa shape index (κ1) is 16.2. The maximum absolute atomic E-state index is 11.3. The molecule has 0 amide bonds. The van der Waals surface area contributed by atoms with E-state index in [0.717, 1.165) is 43.2 Å². The smallest absolute Gasteiger partial charge is 0.249 e. The molecule has 8 heteroatoms. The van der Waals surface area contributed by atoms with Crippen LogP contribution in [0.2, 0.25) is 0 Å². The molecule has 1 aliphatic heterocycles. The fourth-order valence-electron chi connectivity index (χ4n) is 3.45. The minimum absolute atomic E-state index is 0.119. The van der Waals surface area contributed by atoms with E-state index in [1.807, 2.05) is 0 Å². The third kappa shape index (κ3) is 4.18. The zero-order chi connectivity index (χ0) is 15.6. The molecule has 0 aromatic carbocycles. The van der Waals surface area contributed by atoms with Crippen molar-refractivity contribution < 1.29 is 8.42 Å². The number of likely N-dealkylation sites (tertiary alicyclic amines) is 1. The van der Waals surface area contributed by atoms with Gasteiger partial charge in [-0.1, -0.05) is 24.2 Å². The molecular formula is C14H24N4O2S2. The Morgan fingerprint density at radius 1 is 1.27 bits per heavy atom. The van der Waals surface area contributed by atoms with Crippen molar-refractivity contribution in [3.63, 3.8) is 0 Å². The van der Waals surface area contributed by atoms with E-state index in [1.54, 1.807) is 0 Å². The van der Waals surface area contributed by atoms with Gasteiger partial charge in [0.25, 0.3) is 0 Å². The predicted molar refractivity (Wildman–Crippen MR) is 88.5 cm³/mol. The number of rotatable bonds is 5. The first-order valence-electron chi connectivity index (χ1n) is 7.98. The second-order valence-corrected chi connectivity index (χ2v) is 9.22. The van der Waals surface area contributed by atoms with Crippen LogP contribution in [-0.2, 0) is 10.0 Å². The van der Waals surface area contributed by atoms with Crippen molar-refractivity contribution in [1.29, 1.82) is 0 Å². The number of primary sulfonamides is 1. The lowest BCUT2D eigenvalue weighted by molar-refractivity contribution is 0.189. The average Bonchev–Trinajstić information content (AvgIpc) is 3.12. The number of thiazole rings is 1. The predicted octanol–water partition coefficient (Wildman–Crippen LogP) is 1.86. The van der Waals surface area contributed by atoms with Crippen LogP contribution in [0.15, 0.2) is 10.4 Å². The third-order valence-electron chi connectivity index (χ3n) is 4.67. The van der Waals surface area contributed by atoms with Crippen molar-refractivity contribution >= 4 is 26.5 Å². The van der Waals surface area contributed by atoms with Crippen LogP contribution in [-0.4, -0.2) is 44.0 Å². The van der Waals surface area contributed by atoms with Gasteiger partial charge in [-0.15, -0.1) is 0 Å². The highest BCUT2D eigenvalue weighted by Crippen LogP contribution is 2.28. The van der Waals surface area contributed by atoms with E-state index in [4.69, 9.17) is 5.14 Å². The number of hydrogen-bond acceptors (Lipinski definition) is 6. The highest BCUT2D eigenvalue weighted by atomic mass is 32.2. The van der Waals surface area contributed by atoms with Crippen LogP contribution in [0.5, 0.6) is 0 Å². The highest BCUT2D eigenvalue weighted by Gasteiger charge is 2.24. The Labute approximate surface area is 136 Å². The van der Waals surface area contributed by atoms with Crippen LogP contribution in [0, 0.1) is 5.92 Å². The summed E-state index contributed by atoms with van der Waals surface area (Å²) in [7, 11) is -3.64. The number of nitrogens with two attached hydrogens (primary N) is 1. The van der Waals surface area contributed by atoms with Gasteiger partial charge in [-0.05, 0) is 31.6 Å². The Morgan fingerprint density at radius 2 is 1.95 bits per heavy atom. The number of hydrogen-bond donors (Lipinski definition) is 2. The maximum atomic E-state index is 11.3. The number of aromatic nitrogens is 1.